The van der Waals surface area contributed by atoms with Crippen molar-refractivity contribution in [1.82, 2.24) is 9.97 Å². The quantitative estimate of drug-likeness (QED) is 0.740. The Morgan fingerprint density at radius 2 is 1.81 bits per heavy atom. The summed E-state index contributed by atoms with van der Waals surface area (Å²) in [5.74, 6) is 1.03. The molecule has 2 heterocycles. The first kappa shape index (κ1) is 17.5. The van der Waals surface area contributed by atoms with E-state index < -0.39 is 0 Å². The Morgan fingerprint density at radius 3 is 2.63 bits per heavy atom. The number of para-hydroxylation sites is 1. The normalized spacial score (nSPS) is 13.2. The molecule has 0 fully saturated rings. The number of nitrogens with one attached hydrogen (secondary N) is 1. The van der Waals surface area contributed by atoms with Gasteiger partial charge < -0.3 is 10.2 Å². The van der Waals surface area contributed by atoms with E-state index in [0.29, 0.717) is 22.2 Å². The highest BCUT2D eigenvalue weighted by Gasteiger charge is 2.20. The van der Waals surface area contributed by atoms with Crippen molar-refractivity contribution in [2.24, 2.45) is 0 Å². The number of rotatable bonds is 3. The van der Waals surface area contributed by atoms with Gasteiger partial charge in [-0.1, -0.05) is 48.0 Å². The molecule has 2 aromatic carbocycles. The first-order valence-corrected chi connectivity index (χ1v) is 9.21. The standard InChI is InChI=1S/C21H19ClN4O/c1-14-23-19(21(27)25-18-9-5-4-8-17(18)22)12-20(24-14)26-11-10-15-6-2-3-7-16(15)13-26/h2-9,12H,10-11,13H2,1H3,(H,25,27). The topological polar surface area (TPSA) is 58.1 Å². The van der Waals surface area contributed by atoms with E-state index in [1.807, 2.05) is 12.1 Å². The van der Waals surface area contributed by atoms with E-state index in [1.165, 1.54) is 11.1 Å². The van der Waals surface area contributed by atoms with E-state index in [1.54, 1.807) is 25.1 Å². The average Bonchev–Trinajstić information content (AvgIpc) is 2.69. The van der Waals surface area contributed by atoms with Crippen molar-refractivity contribution in [2.75, 3.05) is 16.8 Å². The molecule has 0 radical (unpaired) electrons. The number of benzene rings is 2. The number of nitrogens with zero attached hydrogens (tertiary/aromatic N) is 3. The summed E-state index contributed by atoms with van der Waals surface area (Å²) in [6, 6.07) is 17.3. The lowest BCUT2D eigenvalue weighted by molar-refractivity contribution is 0.102. The molecule has 1 aromatic heterocycles. The number of halogens is 1. The summed E-state index contributed by atoms with van der Waals surface area (Å²) >= 11 is 6.13. The Labute approximate surface area is 163 Å². The highest BCUT2D eigenvalue weighted by Crippen LogP contribution is 2.25. The van der Waals surface area contributed by atoms with Crippen LogP contribution in [0.5, 0.6) is 0 Å². The van der Waals surface area contributed by atoms with Gasteiger partial charge in [0.1, 0.15) is 17.3 Å². The summed E-state index contributed by atoms with van der Waals surface area (Å²) in [5.41, 5.74) is 3.56. The molecule has 1 aliphatic heterocycles. The van der Waals surface area contributed by atoms with E-state index >= 15 is 0 Å². The van der Waals surface area contributed by atoms with Crippen molar-refractivity contribution in [3.8, 4) is 0 Å². The van der Waals surface area contributed by atoms with E-state index in [0.717, 1.165) is 25.3 Å². The minimum Gasteiger partial charge on any atom is -0.352 e. The smallest absolute Gasteiger partial charge is 0.274 e. The molecule has 6 heteroatoms. The van der Waals surface area contributed by atoms with Crippen molar-refractivity contribution in [2.45, 2.75) is 19.9 Å². The molecule has 1 N–H and O–H groups in total. The van der Waals surface area contributed by atoms with Crippen LogP contribution < -0.4 is 10.2 Å². The van der Waals surface area contributed by atoms with Crippen molar-refractivity contribution >= 4 is 29.0 Å². The fourth-order valence-corrected chi connectivity index (χ4v) is 3.45. The molecule has 1 aliphatic rings. The molecular weight excluding hydrogens is 360 g/mol. The van der Waals surface area contributed by atoms with Crippen LogP contribution >= 0.6 is 11.6 Å². The minimum absolute atomic E-state index is 0.299. The average molecular weight is 379 g/mol. The molecule has 1 amide bonds. The molecule has 0 saturated heterocycles. The lowest BCUT2D eigenvalue weighted by Gasteiger charge is -2.30. The molecule has 5 nitrogen and oxygen atoms in total. The van der Waals surface area contributed by atoms with Gasteiger partial charge in [-0.05, 0) is 36.6 Å². The van der Waals surface area contributed by atoms with Gasteiger partial charge >= 0.3 is 0 Å². The monoisotopic (exact) mass is 378 g/mol. The van der Waals surface area contributed by atoms with E-state index in [9.17, 15) is 4.79 Å². The van der Waals surface area contributed by atoms with Crippen LogP contribution in [0.1, 0.15) is 27.4 Å². The number of aromatic nitrogens is 2. The molecule has 0 unspecified atom stereocenters. The first-order valence-electron chi connectivity index (χ1n) is 8.83. The van der Waals surface area contributed by atoms with Gasteiger partial charge in [0.2, 0.25) is 0 Å². The lowest BCUT2D eigenvalue weighted by Crippen LogP contribution is -2.31. The molecule has 0 saturated carbocycles. The Balaban J connectivity index is 1.59. The minimum atomic E-state index is -0.299. The zero-order chi connectivity index (χ0) is 18.8. The Bertz CT molecular complexity index is 1000. The van der Waals surface area contributed by atoms with Gasteiger partial charge in [0, 0.05) is 19.2 Å². The molecule has 0 aliphatic carbocycles. The van der Waals surface area contributed by atoms with E-state index in [2.05, 4.69) is 44.5 Å². The van der Waals surface area contributed by atoms with Gasteiger partial charge in [0.25, 0.3) is 5.91 Å². The van der Waals surface area contributed by atoms with Crippen LogP contribution in [-0.2, 0) is 13.0 Å². The number of carbonyl (C=O) groups is 1. The van der Waals surface area contributed by atoms with Crippen LogP contribution in [0.3, 0.4) is 0 Å². The van der Waals surface area contributed by atoms with Gasteiger partial charge in [-0.3, -0.25) is 4.79 Å². The third-order valence-corrected chi connectivity index (χ3v) is 4.96. The van der Waals surface area contributed by atoms with Crippen LogP contribution in [0.4, 0.5) is 11.5 Å². The fraction of sp³-hybridized carbons (Fsp3) is 0.190. The molecule has 4 rings (SSSR count). The first-order chi connectivity index (χ1) is 13.1. The second kappa shape index (κ2) is 7.37. The summed E-state index contributed by atoms with van der Waals surface area (Å²) in [6.07, 6.45) is 0.959. The number of fused-ring (bicyclic) bond motifs is 1. The predicted octanol–water partition coefficient (Wildman–Crippen LogP) is 4.25. The van der Waals surface area contributed by atoms with Crippen LogP contribution in [0.25, 0.3) is 0 Å². The van der Waals surface area contributed by atoms with Crippen LogP contribution in [0.2, 0.25) is 5.02 Å². The summed E-state index contributed by atoms with van der Waals surface area (Å²) in [6.45, 7) is 3.44. The maximum absolute atomic E-state index is 12.7. The van der Waals surface area contributed by atoms with Crippen LogP contribution in [0, 0.1) is 6.92 Å². The Kier molecular flexibility index (Phi) is 4.77. The van der Waals surface area contributed by atoms with Crippen LogP contribution in [-0.4, -0.2) is 22.4 Å². The number of carbonyl (C=O) groups excluding carboxylic acids is 1. The van der Waals surface area contributed by atoms with Gasteiger partial charge in [-0.2, -0.15) is 0 Å². The Hall–Kier alpha value is -2.92. The lowest BCUT2D eigenvalue weighted by atomic mass is 10.00. The van der Waals surface area contributed by atoms with E-state index in [4.69, 9.17) is 11.6 Å². The summed E-state index contributed by atoms with van der Waals surface area (Å²) in [7, 11) is 0. The van der Waals surface area contributed by atoms with E-state index in [-0.39, 0.29) is 5.91 Å². The molecule has 136 valence electrons. The van der Waals surface area contributed by atoms with Crippen molar-refractivity contribution in [1.29, 1.82) is 0 Å². The molecule has 3 aromatic rings. The van der Waals surface area contributed by atoms with Gasteiger partial charge in [0.15, 0.2) is 0 Å². The Morgan fingerprint density at radius 1 is 1.07 bits per heavy atom. The molecular formula is C21H19ClN4O. The molecule has 0 spiro atoms. The molecule has 27 heavy (non-hydrogen) atoms. The number of aryl methyl sites for hydroxylation is 1. The number of hydrogen-bond donors (Lipinski definition) is 1. The summed E-state index contributed by atoms with van der Waals surface area (Å²) < 4.78 is 0. The molecule has 0 bridgehead atoms. The second-order valence-corrected chi connectivity index (χ2v) is 6.94. The predicted molar refractivity (Wildman–Crippen MR) is 107 cm³/mol. The van der Waals surface area contributed by atoms with Crippen molar-refractivity contribution < 1.29 is 4.79 Å². The second-order valence-electron chi connectivity index (χ2n) is 6.53. The number of anilines is 2. The highest BCUT2D eigenvalue weighted by molar-refractivity contribution is 6.33. The largest absolute Gasteiger partial charge is 0.352 e. The van der Waals surface area contributed by atoms with Gasteiger partial charge in [0.05, 0.1) is 10.7 Å². The number of amides is 1. The zero-order valence-electron chi connectivity index (χ0n) is 14.9. The van der Waals surface area contributed by atoms with Crippen molar-refractivity contribution in [3.05, 3.63) is 82.3 Å². The van der Waals surface area contributed by atoms with Gasteiger partial charge in [-0.15, -0.1) is 0 Å². The van der Waals surface area contributed by atoms with Gasteiger partial charge in [-0.25, -0.2) is 9.97 Å². The third kappa shape index (κ3) is 3.78. The maximum atomic E-state index is 12.7. The number of hydrogen-bond acceptors (Lipinski definition) is 4. The van der Waals surface area contributed by atoms with Crippen molar-refractivity contribution in [3.63, 3.8) is 0 Å². The fourth-order valence-electron chi connectivity index (χ4n) is 3.27. The summed E-state index contributed by atoms with van der Waals surface area (Å²) in [4.78, 5) is 23.7. The third-order valence-electron chi connectivity index (χ3n) is 4.63. The molecule has 0 atom stereocenters. The maximum Gasteiger partial charge on any atom is 0.274 e. The highest BCUT2D eigenvalue weighted by atomic mass is 35.5. The summed E-state index contributed by atoms with van der Waals surface area (Å²) in [5, 5.41) is 3.31. The SMILES string of the molecule is Cc1nc(C(=O)Nc2ccccc2Cl)cc(N2CCc3ccccc3C2)n1. The zero-order valence-corrected chi connectivity index (χ0v) is 15.7. The van der Waals surface area contributed by atoms with Crippen LogP contribution in [0.15, 0.2) is 54.6 Å².